The number of aryl methyl sites for hydroxylation is 1. The van der Waals surface area contributed by atoms with Crippen molar-refractivity contribution in [3.63, 3.8) is 0 Å². The summed E-state index contributed by atoms with van der Waals surface area (Å²) in [6.07, 6.45) is -4.61. The van der Waals surface area contributed by atoms with E-state index in [2.05, 4.69) is 10.4 Å². The van der Waals surface area contributed by atoms with Crippen LogP contribution in [0.15, 0.2) is 24.3 Å². The van der Waals surface area contributed by atoms with Crippen LogP contribution in [-0.2, 0) is 17.5 Å². The summed E-state index contributed by atoms with van der Waals surface area (Å²) in [7, 11) is 0. The van der Waals surface area contributed by atoms with E-state index in [-0.39, 0.29) is 16.9 Å². The van der Waals surface area contributed by atoms with Gasteiger partial charge in [-0.05, 0) is 25.1 Å². The largest absolute Gasteiger partial charge is 0.435 e. The van der Waals surface area contributed by atoms with Gasteiger partial charge in [0.15, 0.2) is 5.69 Å². The van der Waals surface area contributed by atoms with Gasteiger partial charge in [-0.3, -0.25) is 9.48 Å². The van der Waals surface area contributed by atoms with Crippen LogP contribution in [0.4, 0.5) is 23.2 Å². The molecule has 0 saturated carbocycles. The molecule has 0 atom stereocenters. The minimum absolute atomic E-state index is 0.0571. The number of hydrogen-bond donors (Lipinski definition) is 1. The van der Waals surface area contributed by atoms with Crippen LogP contribution in [-0.4, -0.2) is 15.7 Å². The van der Waals surface area contributed by atoms with Crippen LogP contribution >= 0.6 is 0 Å². The highest BCUT2D eigenvalue weighted by atomic mass is 19.4. The Balaban J connectivity index is 2.17. The standard InChI is InChI=1S/C14H10F4N4O/c1-8-5-12(14(16,17)18)21-22(8)7-13(23)20-11-4-2-3-10(15)9(11)6-19/h2-5H,7H2,1H3,(H,20,23). The number of carbonyl (C=O) groups excluding carboxylic acids is 1. The van der Waals surface area contributed by atoms with E-state index in [4.69, 9.17) is 5.26 Å². The van der Waals surface area contributed by atoms with Gasteiger partial charge in [0.2, 0.25) is 5.91 Å². The van der Waals surface area contributed by atoms with E-state index in [1.807, 2.05) is 0 Å². The lowest BCUT2D eigenvalue weighted by molar-refractivity contribution is -0.141. The summed E-state index contributed by atoms with van der Waals surface area (Å²) in [4.78, 5) is 11.9. The summed E-state index contributed by atoms with van der Waals surface area (Å²) in [5.74, 6) is -1.54. The van der Waals surface area contributed by atoms with Crippen molar-refractivity contribution in [1.82, 2.24) is 9.78 Å². The van der Waals surface area contributed by atoms with Gasteiger partial charge in [-0.25, -0.2) is 4.39 Å². The second kappa shape index (κ2) is 6.08. The Morgan fingerprint density at radius 2 is 2.13 bits per heavy atom. The minimum atomic E-state index is -4.61. The Kier molecular flexibility index (Phi) is 4.36. The van der Waals surface area contributed by atoms with Crippen molar-refractivity contribution >= 4 is 11.6 Å². The number of anilines is 1. The summed E-state index contributed by atoms with van der Waals surface area (Å²) in [6.45, 7) is 0.877. The molecule has 1 aromatic carbocycles. The van der Waals surface area contributed by atoms with E-state index in [0.717, 1.165) is 16.8 Å². The summed E-state index contributed by atoms with van der Waals surface area (Å²) >= 11 is 0. The molecule has 0 aliphatic rings. The van der Waals surface area contributed by atoms with Crippen molar-refractivity contribution in [3.8, 4) is 6.07 Å². The van der Waals surface area contributed by atoms with E-state index < -0.39 is 30.1 Å². The Morgan fingerprint density at radius 3 is 2.70 bits per heavy atom. The number of aromatic nitrogens is 2. The number of alkyl halides is 3. The first-order valence-electron chi connectivity index (χ1n) is 6.32. The third-order valence-corrected chi connectivity index (χ3v) is 2.96. The van der Waals surface area contributed by atoms with E-state index in [0.29, 0.717) is 0 Å². The number of nitriles is 1. The normalized spacial score (nSPS) is 11.1. The maximum atomic E-state index is 13.4. The molecule has 0 spiro atoms. The predicted molar refractivity (Wildman–Crippen MR) is 71.7 cm³/mol. The summed E-state index contributed by atoms with van der Waals surface area (Å²) in [5, 5.41) is 14.5. The lowest BCUT2D eigenvalue weighted by atomic mass is 10.2. The molecule has 0 fully saturated rings. The van der Waals surface area contributed by atoms with Crippen molar-refractivity contribution in [2.75, 3.05) is 5.32 Å². The fourth-order valence-corrected chi connectivity index (χ4v) is 1.88. The van der Waals surface area contributed by atoms with E-state index in [9.17, 15) is 22.4 Å². The first kappa shape index (κ1) is 16.5. The number of nitrogens with one attached hydrogen (secondary N) is 1. The molecule has 1 heterocycles. The van der Waals surface area contributed by atoms with Crippen molar-refractivity contribution < 1.29 is 22.4 Å². The minimum Gasteiger partial charge on any atom is -0.323 e. The van der Waals surface area contributed by atoms with Crippen molar-refractivity contribution in [2.45, 2.75) is 19.6 Å². The molecule has 120 valence electrons. The van der Waals surface area contributed by atoms with Gasteiger partial charge >= 0.3 is 6.18 Å². The number of benzene rings is 1. The highest BCUT2D eigenvalue weighted by Gasteiger charge is 2.34. The second-order valence-corrected chi connectivity index (χ2v) is 4.65. The highest BCUT2D eigenvalue weighted by Crippen LogP contribution is 2.28. The third kappa shape index (κ3) is 3.66. The van der Waals surface area contributed by atoms with Gasteiger partial charge in [0.05, 0.1) is 5.69 Å². The average molecular weight is 326 g/mol. The van der Waals surface area contributed by atoms with Gasteiger partial charge in [-0.15, -0.1) is 0 Å². The summed E-state index contributed by atoms with van der Waals surface area (Å²) in [6, 6.07) is 6.09. The molecule has 2 rings (SSSR count). The Labute approximate surface area is 128 Å². The fraction of sp³-hybridized carbons (Fsp3) is 0.214. The number of rotatable bonds is 3. The molecule has 5 nitrogen and oxygen atoms in total. The molecule has 0 aliphatic heterocycles. The molecule has 2 aromatic rings. The molecule has 0 saturated heterocycles. The van der Waals surface area contributed by atoms with Gasteiger partial charge in [0.25, 0.3) is 0 Å². The molecule has 23 heavy (non-hydrogen) atoms. The molecule has 1 amide bonds. The van der Waals surface area contributed by atoms with Crippen LogP contribution in [0.25, 0.3) is 0 Å². The molecule has 0 radical (unpaired) electrons. The van der Waals surface area contributed by atoms with Crippen LogP contribution in [0.5, 0.6) is 0 Å². The summed E-state index contributed by atoms with van der Waals surface area (Å²) < 4.78 is 52.0. The lowest BCUT2D eigenvalue weighted by Crippen LogP contribution is -2.21. The Hall–Kier alpha value is -2.89. The van der Waals surface area contributed by atoms with Crippen molar-refractivity contribution in [2.24, 2.45) is 0 Å². The quantitative estimate of drug-likeness (QED) is 0.882. The van der Waals surface area contributed by atoms with Gasteiger partial charge in [-0.2, -0.15) is 23.5 Å². The lowest BCUT2D eigenvalue weighted by Gasteiger charge is -2.08. The van der Waals surface area contributed by atoms with E-state index >= 15 is 0 Å². The Morgan fingerprint density at radius 1 is 1.43 bits per heavy atom. The molecule has 0 aliphatic carbocycles. The third-order valence-electron chi connectivity index (χ3n) is 2.96. The predicted octanol–water partition coefficient (Wildman–Crippen LogP) is 2.86. The SMILES string of the molecule is Cc1cc(C(F)(F)F)nn1CC(=O)Nc1cccc(F)c1C#N. The zero-order valence-electron chi connectivity index (χ0n) is 11.8. The molecular weight excluding hydrogens is 316 g/mol. The van der Waals surface area contributed by atoms with E-state index in [1.165, 1.54) is 19.1 Å². The van der Waals surface area contributed by atoms with Crippen LogP contribution in [0.3, 0.4) is 0 Å². The molecular formula is C14H10F4N4O. The van der Waals surface area contributed by atoms with E-state index in [1.54, 1.807) is 6.07 Å². The highest BCUT2D eigenvalue weighted by molar-refractivity contribution is 5.91. The average Bonchev–Trinajstić information content (AvgIpc) is 2.80. The molecule has 9 heteroatoms. The zero-order valence-corrected chi connectivity index (χ0v) is 11.8. The first-order chi connectivity index (χ1) is 10.7. The topological polar surface area (TPSA) is 70.7 Å². The van der Waals surface area contributed by atoms with Gasteiger partial charge in [-0.1, -0.05) is 6.07 Å². The maximum absolute atomic E-state index is 13.4. The monoisotopic (exact) mass is 326 g/mol. The number of hydrogen-bond acceptors (Lipinski definition) is 3. The van der Waals surface area contributed by atoms with Crippen LogP contribution in [0, 0.1) is 24.1 Å². The fourth-order valence-electron chi connectivity index (χ4n) is 1.88. The van der Waals surface area contributed by atoms with Crippen LogP contribution in [0.2, 0.25) is 0 Å². The number of halogens is 4. The maximum Gasteiger partial charge on any atom is 0.435 e. The molecule has 1 N–H and O–H groups in total. The van der Waals surface area contributed by atoms with Gasteiger partial charge < -0.3 is 5.32 Å². The van der Waals surface area contributed by atoms with Gasteiger partial charge in [0.1, 0.15) is 24.0 Å². The molecule has 1 aromatic heterocycles. The summed E-state index contributed by atoms with van der Waals surface area (Å²) in [5.41, 5.74) is -1.37. The smallest absolute Gasteiger partial charge is 0.323 e. The van der Waals surface area contributed by atoms with Crippen molar-refractivity contribution in [3.05, 3.63) is 47.0 Å². The zero-order chi connectivity index (χ0) is 17.2. The Bertz CT molecular complexity index is 789. The first-order valence-corrected chi connectivity index (χ1v) is 6.32. The molecule has 0 bridgehead atoms. The number of nitrogens with zero attached hydrogens (tertiary/aromatic N) is 3. The number of amides is 1. The van der Waals surface area contributed by atoms with Gasteiger partial charge in [0, 0.05) is 5.69 Å². The molecule has 0 unspecified atom stereocenters. The van der Waals surface area contributed by atoms with Crippen LogP contribution < -0.4 is 5.32 Å². The van der Waals surface area contributed by atoms with Crippen molar-refractivity contribution in [1.29, 1.82) is 5.26 Å². The second-order valence-electron chi connectivity index (χ2n) is 4.65. The number of carbonyl (C=O) groups is 1. The van der Waals surface area contributed by atoms with Crippen LogP contribution in [0.1, 0.15) is 17.0 Å².